The molecule has 0 rings (SSSR count). The number of aliphatic hydroxyl groups excluding tert-OH is 1. The monoisotopic (exact) mass is 141 g/mol. The molecule has 0 spiro atoms. The van der Waals surface area contributed by atoms with E-state index in [0.717, 1.165) is 0 Å². The van der Waals surface area contributed by atoms with Crippen molar-refractivity contribution in [3.63, 3.8) is 0 Å². The average molecular weight is 142 g/mol. The first-order chi connectivity index (χ1) is 3.18. The lowest BCUT2D eigenvalue weighted by atomic mass is 10.3. The maximum Gasteiger partial charge on any atom is 0.322 e. The van der Waals surface area contributed by atoms with Crippen LogP contribution in [0.25, 0.3) is 0 Å². The molecule has 1 atom stereocenters. The molecule has 0 radical (unpaired) electrons. The quantitative estimate of drug-likeness (QED) is 0.452. The Labute approximate surface area is 52.7 Å². The highest BCUT2D eigenvalue weighted by Gasteiger charge is 2.06. The van der Waals surface area contributed by atoms with Crippen molar-refractivity contribution in [1.82, 2.24) is 0 Å². The number of halogens is 1. The fourth-order valence-electron chi connectivity index (χ4n) is 0.0781. The zero-order valence-corrected chi connectivity index (χ0v) is 4.89. The van der Waals surface area contributed by atoms with Crippen molar-refractivity contribution in [2.24, 2.45) is 5.73 Å². The van der Waals surface area contributed by atoms with Gasteiger partial charge in [0.25, 0.3) is 0 Å². The van der Waals surface area contributed by atoms with Crippen LogP contribution in [0.2, 0.25) is 0 Å². The summed E-state index contributed by atoms with van der Waals surface area (Å²) in [7, 11) is 0. The molecule has 0 amide bonds. The lowest BCUT2D eigenvalue weighted by molar-refractivity contribution is -0.139. The predicted molar refractivity (Wildman–Crippen MR) is 29.9 cm³/mol. The van der Waals surface area contributed by atoms with Crippen LogP contribution in [0.4, 0.5) is 0 Å². The van der Waals surface area contributed by atoms with Crippen molar-refractivity contribution in [3.05, 3.63) is 0 Å². The molecule has 0 aromatic carbocycles. The van der Waals surface area contributed by atoms with Crippen LogP contribution in [0.15, 0.2) is 0 Å². The van der Waals surface area contributed by atoms with E-state index < -0.39 is 18.6 Å². The summed E-state index contributed by atoms with van der Waals surface area (Å²) in [5.41, 5.74) is 4.77. The normalized spacial score (nSPS) is 11.8. The highest BCUT2D eigenvalue weighted by Crippen LogP contribution is 1.71. The van der Waals surface area contributed by atoms with E-state index in [1.54, 1.807) is 0 Å². The second-order valence-electron chi connectivity index (χ2n) is 1.13. The molecule has 0 aromatic heterocycles. The maximum atomic E-state index is 9.65. The van der Waals surface area contributed by atoms with Gasteiger partial charge in [0.15, 0.2) is 0 Å². The molecule has 8 heavy (non-hydrogen) atoms. The summed E-state index contributed by atoms with van der Waals surface area (Å²) >= 11 is 0. The molecule has 0 saturated carbocycles. The number of carboxylic acids is 1. The summed E-state index contributed by atoms with van der Waals surface area (Å²) in [4.78, 5) is 9.65. The topological polar surface area (TPSA) is 83.5 Å². The number of hydrogen-bond donors (Lipinski definition) is 3. The van der Waals surface area contributed by atoms with Crippen LogP contribution in [0.1, 0.15) is 0 Å². The van der Waals surface area contributed by atoms with Gasteiger partial charge < -0.3 is 15.9 Å². The van der Waals surface area contributed by atoms with Crippen molar-refractivity contribution in [2.75, 3.05) is 6.61 Å². The number of carbonyl (C=O) groups is 1. The number of carboxylic acid groups (broad SMARTS) is 1. The van der Waals surface area contributed by atoms with Gasteiger partial charge in [0.05, 0.1) is 6.61 Å². The first-order valence-electron chi connectivity index (χ1n) is 1.77. The van der Waals surface area contributed by atoms with Gasteiger partial charge in [-0.25, -0.2) is 0 Å². The van der Waals surface area contributed by atoms with Crippen LogP contribution in [0, 0.1) is 0 Å². The molecule has 0 aliphatic rings. The number of hydrogen-bond acceptors (Lipinski definition) is 3. The molecule has 50 valence electrons. The van der Waals surface area contributed by atoms with Gasteiger partial charge in [-0.3, -0.25) is 4.79 Å². The van der Waals surface area contributed by atoms with Gasteiger partial charge in [-0.2, -0.15) is 0 Å². The molecule has 0 bridgehead atoms. The van der Waals surface area contributed by atoms with E-state index in [4.69, 9.17) is 15.9 Å². The highest BCUT2D eigenvalue weighted by atomic mass is 35.5. The Balaban J connectivity index is 0. The van der Waals surface area contributed by atoms with E-state index in [0.29, 0.717) is 0 Å². The van der Waals surface area contributed by atoms with Crippen LogP contribution >= 0.6 is 12.4 Å². The summed E-state index contributed by atoms with van der Waals surface area (Å²) in [6.07, 6.45) is 0. The van der Waals surface area contributed by atoms with Crippen LogP contribution < -0.4 is 5.73 Å². The van der Waals surface area contributed by atoms with Crippen LogP contribution in [-0.2, 0) is 4.79 Å². The van der Waals surface area contributed by atoms with Gasteiger partial charge in [-0.15, -0.1) is 12.4 Å². The Morgan fingerprint density at radius 1 is 1.75 bits per heavy atom. The molecule has 0 saturated heterocycles. The Morgan fingerprint density at radius 2 is 2.12 bits per heavy atom. The second kappa shape index (κ2) is 4.83. The smallest absolute Gasteiger partial charge is 0.322 e. The number of rotatable bonds is 2. The fraction of sp³-hybridized carbons (Fsp3) is 0.667. The minimum absolute atomic E-state index is 0. The molecule has 0 fully saturated rings. The third kappa shape index (κ3) is 3.86. The van der Waals surface area contributed by atoms with Crippen LogP contribution in [0.3, 0.4) is 0 Å². The van der Waals surface area contributed by atoms with Crippen molar-refractivity contribution >= 4 is 18.4 Å². The van der Waals surface area contributed by atoms with Gasteiger partial charge in [0, 0.05) is 0 Å². The Morgan fingerprint density at radius 3 is 2.12 bits per heavy atom. The number of nitrogens with two attached hydrogens (primary N) is 1. The maximum absolute atomic E-state index is 9.65. The van der Waals surface area contributed by atoms with E-state index in [-0.39, 0.29) is 12.4 Å². The van der Waals surface area contributed by atoms with Gasteiger partial charge in [0.1, 0.15) is 6.04 Å². The second-order valence-corrected chi connectivity index (χ2v) is 1.13. The summed E-state index contributed by atoms with van der Waals surface area (Å²) in [5, 5.41) is 15.9. The zero-order valence-electron chi connectivity index (χ0n) is 4.07. The Kier molecular flexibility index (Phi) is 6.41. The molecular weight excluding hydrogens is 133 g/mol. The predicted octanol–water partition coefficient (Wildman–Crippen LogP) is -1.19. The summed E-state index contributed by atoms with van der Waals surface area (Å²) in [6.45, 7) is -0.505. The molecule has 0 aromatic rings. The summed E-state index contributed by atoms with van der Waals surface area (Å²) < 4.78 is 0. The van der Waals surface area contributed by atoms with E-state index in [2.05, 4.69) is 0 Å². The van der Waals surface area contributed by atoms with Crippen LogP contribution in [-0.4, -0.2) is 28.8 Å². The molecule has 4 nitrogen and oxygen atoms in total. The number of aliphatic hydroxyl groups is 1. The summed E-state index contributed by atoms with van der Waals surface area (Å²) in [5.74, 6) is -1.18. The van der Waals surface area contributed by atoms with Gasteiger partial charge in [-0.05, 0) is 0 Å². The largest absolute Gasteiger partial charge is 0.480 e. The molecule has 0 heterocycles. The van der Waals surface area contributed by atoms with E-state index >= 15 is 0 Å². The molecule has 0 aliphatic heterocycles. The van der Waals surface area contributed by atoms with Gasteiger partial charge in [0.2, 0.25) is 0 Å². The van der Waals surface area contributed by atoms with E-state index in [9.17, 15) is 4.79 Å². The fourth-order valence-corrected chi connectivity index (χ4v) is 0.0781. The third-order valence-corrected chi connectivity index (χ3v) is 0.514. The Hall–Kier alpha value is -0.320. The van der Waals surface area contributed by atoms with E-state index in [1.165, 1.54) is 0 Å². The first kappa shape index (κ1) is 10.6. The highest BCUT2D eigenvalue weighted by molar-refractivity contribution is 5.85. The first-order valence-corrected chi connectivity index (χ1v) is 1.77. The van der Waals surface area contributed by atoms with Gasteiger partial charge in [-0.1, -0.05) is 0 Å². The molecular formula is C3H8ClNO3. The van der Waals surface area contributed by atoms with Crippen molar-refractivity contribution in [1.29, 1.82) is 0 Å². The van der Waals surface area contributed by atoms with Crippen molar-refractivity contribution < 1.29 is 15.0 Å². The van der Waals surface area contributed by atoms with E-state index in [1.807, 2.05) is 0 Å². The zero-order chi connectivity index (χ0) is 5.86. The lowest BCUT2D eigenvalue weighted by Crippen LogP contribution is -2.33. The van der Waals surface area contributed by atoms with Gasteiger partial charge >= 0.3 is 5.97 Å². The summed E-state index contributed by atoms with van der Waals surface area (Å²) in [6, 6.07) is -1.13. The van der Waals surface area contributed by atoms with Crippen molar-refractivity contribution in [2.45, 2.75) is 6.04 Å². The third-order valence-electron chi connectivity index (χ3n) is 0.514. The minimum atomic E-state index is -1.18. The molecule has 4 N–H and O–H groups in total. The minimum Gasteiger partial charge on any atom is -0.480 e. The average Bonchev–Trinajstić information content (AvgIpc) is 1.65. The SMILES string of the molecule is Cl.N[C@@H](CO)C(=O)O. The number of aliphatic carboxylic acids is 1. The molecule has 0 unspecified atom stereocenters. The lowest BCUT2D eigenvalue weighted by Gasteiger charge is -1.96. The van der Waals surface area contributed by atoms with Crippen molar-refractivity contribution in [3.8, 4) is 0 Å². The molecule has 5 heteroatoms. The Bertz CT molecular complexity index is 76.9. The molecule has 0 aliphatic carbocycles. The standard InChI is InChI=1S/C3H7NO3.ClH/c4-2(1-5)3(6)7;/h2,5H,1,4H2,(H,6,7);1H/t2-;/m0./s1. The van der Waals surface area contributed by atoms with Crippen LogP contribution in [0.5, 0.6) is 0 Å².